The third-order valence-corrected chi connectivity index (χ3v) is 6.70. The van der Waals surface area contributed by atoms with Crippen molar-refractivity contribution in [2.45, 2.75) is 51.4 Å². The molecule has 1 atom stereocenters. The highest BCUT2D eigenvalue weighted by molar-refractivity contribution is 6.32. The zero-order valence-electron chi connectivity index (χ0n) is 20.5. The quantitative estimate of drug-likeness (QED) is 0.313. The number of carbonyl (C=O) groups is 2. The van der Waals surface area contributed by atoms with Gasteiger partial charge in [-0.3, -0.25) is 9.59 Å². The molecule has 1 saturated carbocycles. The van der Waals surface area contributed by atoms with Crippen LogP contribution < -0.4 is 16.4 Å². The second kappa shape index (κ2) is 10.5. The van der Waals surface area contributed by atoms with Gasteiger partial charge >= 0.3 is 6.18 Å². The van der Waals surface area contributed by atoms with E-state index in [1.165, 1.54) is 24.4 Å². The lowest BCUT2D eigenvalue weighted by Crippen LogP contribution is -2.55. The molecule has 1 aliphatic carbocycles. The molecule has 2 aromatic heterocycles. The molecule has 1 aromatic carbocycles. The van der Waals surface area contributed by atoms with E-state index in [0.29, 0.717) is 5.56 Å². The molecule has 0 spiro atoms. The van der Waals surface area contributed by atoms with Gasteiger partial charge in [-0.15, -0.1) is 0 Å². The molecule has 1 fully saturated rings. The third kappa shape index (κ3) is 6.46. The molecule has 8 nitrogen and oxygen atoms in total. The van der Waals surface area contributed by atoms with Gasteiger partial charge in [0, 0.05) is 24.1 Å². The predicted octanol–water partition coefficient (Wildman–Crippen LogP) is 5.44. The van der Waals surface area contributed by atoms with E-state index >= 15 is 0 Å². The lowest BCUT2D eigenvalue weighted by atomic mass is 10.0. The van der Waals surface area contributed by atoms with E-state index in [9.17, 15) is 22.8 Å². The Morgan fingerprint density at radius 2 is 1.89 bits per heavy atom. The van der Waals surface area contributed by atoms with Crippen LogP contribution >= 0.6 is 23.2 Å². The van der Waals surface area contributed by atoms with E-state index in [4.69, 9.17) is 28.9 Å². The number of nitrogens with zero attached hydrogens (tertiary/aromatic N) is 3. The SMILES string of the molecule is Cc1cc(Cl)cc(C(=O)NC(C)(N)C2CC2)c1NC(=O)c1cc(CCC(F)(F)F)nn1-c1ncccc1Cl. The Labute approximate surface area is 226 Å². The van der Waals surface area contributed by atoms with E-state index in [1.807, 2.05) is 0 Å². The smallest absolute Gasteiger partial charge is 0.334 e. The minimum atomic E-state index is -4.41. The number of aryl methyl sites for hydroxylation is 2. The first kappa shape index (κ1) is 27.9. The van der Waals surface area contributed by atoms with Crippen molar-refractivity contribution < 1.29 is 22.8 Å². The highest BCUT2D eigenvalue weighted by Gasteiger charge is 2.40. The molecule has 0 saturated heterocycles. The fourth-order valence-electron chi connectivity index (χ4n) is 4.04. The Kier molecular flexibility index (Phi) is 7.74. The number of alkyl halides is 3. The largest absolute Gasteiger partial charge is 0.389 e. The van der Waals surface area contributed by atoms with Crippen LogP contribution in [0.1, 0.15) is 58.3 Å². The summed E-state index contributed by atoms with van der Waals surface area (Å²) < 4.78 is 39.6. The molecule has 38 heavy (non-hydrogen) atoms. The van der Waals surface area contributed by atoms with Gasteiger partial charge in [0.25, 0.3) is 11.8 Å². The number of rotatable bonds is 8. The number of anilines is 1. The number of benzene rings is 1. The second-order valence-corrected chi connectivity index (χ2v) is 10.3. The molecule has 0 aliphatic heterocycles. The van der Waals surface area contributed by atoms with Crippen molar-refractivity contribution in [3.8, 4) is 5.82 Å². The average molecular weight is 569 g/mol. The number of amides is 2. The summed E-state index contributed by atoms with van der Waals surface area (Å²) in [4.78, 5) is 30.8. The number of nitrogens with one attached hydrogen (secondary N) is 2. The van der Waals surface area contributed by atoms with Gasteiger partial charge in [-0.2, -0.15) is 18.3 Å². The fourth-order valence-corrected chi connectivity index (χ4v) is 4.52. The van der Waals surface area contributed by atoms with Crippen LogP contribution in [0.15, 0.2) is 36.5 Å². The number of hydrogen-bond acceptors (Lipinski definition) is 5. The second-order valence-electron chi connectivity index (χ2n) is 9.47. The molecule has 4 rings (SSSR count). The predicted molar refractivity (Wildman–Crippen MR) is 138 cm³/mol. The zero-order chi connectivity index (χ0) is 27.8. The Bertz CT molecular complexity index is 1390. The van der Waals surface area contributed by atoms with Crippen molar-refractivity contribution in [3.05, 3.63) is 69.1 Å². The first-order valence-electron chi connectivity index (χ1n) is 11.7. The molecule has 4 N–H and O–H groups in total. The Morgan fingerprint density at radius 1 is 1.18 bits per heavy atom. The van der Waals surface area contributed by atoms with Crippen molar-refractivity contribution in [1.82, 2.24) is 20.1 Å². The van der Waals surface area contributed by atoms with Crippen molar-refractivity contribution >= 4 is 40.7 Å². The molecule has 0 radical (unpaired) electrons. The van der Waals surface area contributed by atoms with Gasteiger partial charge in [-0.25, -0.2) is 9.67 Å². The van der Waals surface area contributed by atoms with Crippen LogP contribution in [0.2, 0.25) is 10.0 Å². The molecular formula is C25H25Cl2F3N6O2. The number of nitrogens with two attached hydrogens (primary N) is 1. The molecule has 2 amide bonds. The minimum absolute atomic E-state index is 0.0170. The topological polar surface area (TPSA) is 115 Å². The number of halogens is 5. The number of carbonyl (C=O) groups excluding carboxylic acids is 2. The lowest BCUT2D eigenvalue weighted by Gasteiger charge is -2.27. The maximum Gasteiger partial charge on any atom is 0.389 e. The van der Waals surface area contributed by atoms with Crippen molar-refractivity contribution in [2.24, 2.45) is 11.7 Å². The van der Waals surface area contributed by atoms with E-state index < -0.39 is 36.5 Å². The lowest BCUT2D eigenvalue weighted by molar-refractivity contribution is -0.134. The Hall–Kier alpha value is -3.15. The third-order valence-electron chi connectivity index (χ3n) is 6.19. The number of aromatic nitrogens is 3. The monoisotopic (exact) mass is 568 g/mol. The molecule has 1 unspecified atom stereocenters. The highest BCUT2D eigenvalue weighted by Crippen LogP contribution is 2.37. The molecule has 0 bridgehead atoms. The zero-order valence-corrected chi connectivity index (χ0v) is 22.0. The van der Waals surface area contributed by atoms with Crippen LogP contribution in [-0.4, -0.2) is 38.4 Å². The molecule has 2 heterocycles. The van der Waals surface area contributed by atoms with Gasteiger partial charge in [0.15, 0.2) is 5.82 Å². The molecule has 1 aliphatic rings. The fraction of sp³-hybridized carbons (Fsp3) is 0.360. The molecule has 3 aromatic rings. The summed E-state index contributed by atoms with van der Waals surface area (Å²) in [5, 5.41) is 10.1. The van der Waals surface area contributed by atoms with E-state index in [1.54, 1.807) is 26.0 Å². The van der Waals surface area contributed by atoms with E-state index in [2.05, 4.69) is 20.7 Å². The van der Waals surface area contributed by atoms with Crippen LogP contribution in [0, 0.1) is 12.8 Å². The van der Waals surface area contributed by atoms with Crippen LogP contribution in [0.5, 0.6) is 0 Å². The summed E-state index contributed by atoms with van der Waals surface area (Å²) in [6.07, 6.45) is -2.79. The van der Waals surface area contributed by atoms with Gasteiger partial charge < -0.3 is 16.4 Å². The first-order chi connectivity index (χ1) is 17.7. The van der Waals surface area contributed by atoms with E-state index in [0.717, 1.165) is 17.5 Å². The average Bonchev–Trinajstić information content (AvgIpc) is 3.60. The number of pyridine rings is 1. The molecule has 202 valence electrons. The van der Waals surface area contributed by atoms with Crippen LogP contribution in [0.25, 0.3) is 5.82 Å². The van der Waals surface area contributed by atoms with Crippen LogP contribution in [0.4, 0.5) is 18.9 Å². The van der Waals surface area contributed by atoms with E-state index in [-0.39, 0.29) is 44.4 Å². The van der Waals surface area contributed by atoms with Crippen LogP contribution in [-0.2, 0) is 6.42 Å². The summed E-state index contributed by atoms with van der Waals surface area (Å²) >= 11 is 12.5. The van der Waals surface area contributed by atoms with Gasteiger partial charge in [0.2, 0.25) is 0 Å². The first-order valence-corrected chi connectivity index (χ1v) is 12.5. The summed E-state index contributed by atoms with van der Waals surface area (Å²) in [5.74, 6) is -1.08. The standard InChI is InChI=1S/C25H25Cl2F3N6O2/c1-13-10-15(26)11-17(22(37)34-24(2,31)14-5-6-14)20(13)33-23(38)19-12-16(7-8-25(28,29)30)35-36(19)21-18(27)4-3-9-32-21/h3-4,9-12,14H,5-8,31H2,1-2H3,(H,33,38)(H,34,37). The Morgan fingerprint density at radius 3 is 2.53 bits per heavy atom. The van der Waals surface area contributed by atoms with Gasteiger partial charge in [-0.1, -0.05) is 23.2 Å². The maximum absolute atomic E-state index is 13.5. The summed E-state index contributed by atoms with van der Waals surface area (Å²) in [6, 6.07) is 7.29. The normalized spacial score (nSPS) is 15.2. The minimum Gasteiger partial charge on any atom is -0.334 e. The van der Waals surface area contributed by atoms with Gasteiger partial charge in [0.1, 0.15) is 5.69 Å². The van der Waals surface area contributed by atoms with Crippen LogP contribution in [0.3, 0.4) is 0 Å². The summed E-state index contributed by atoms with van der Waals surface area (Å²) in [6.45, 7) is 3.37. The van der Waals surface area contributed by atoms with Crippen molar-refractivity contribution in [2.75, 3.05) is 5.32 Å². The van der Waals surface area contributed by atoms with Crippen molar-refractivity contribution in [1.29, 1.82) is 0 Å². The number of hydrogen-bond donors (Lipinski definition) is 3. The van der Waals surface area contributed by atoms with Gasteiger partial charge in [0.05, 0.1) is 27.6 Å². The molecular weight excluding hydrogens is 544 g/mol. The summed E-state index contributed by atoms with van der Waals surface area (Å²) in [7, 11) is 0. The summed E-state index contributed by atoms with van der Waals surface area (Å²) in [5.41, 5.74) is 5.96. The highest BCUT2D eigenvalue weighted by atomic mass is 35.5. The molecule has 13 heteroatoms. The Balaban J connectivity index is 1.70. The van der Waals surface area contributed by atoms with Crippen molar-refractivity contribution in [3.63, 3.8) is 0 Å². The van der Waals surface area contributed by atoms with Gasteiger partial charge in [-0.05, 0) is 68.5 Å². The maximum atomic E-state index is 13.5.